The number of anilines is 2. The molecule has 0 aliphatic carbocycles. The lowest BCUT2D eigenvalue weighted by Crippen LogP contribution is -2.13. The summed E-state index contributed by atoms with van der Waals surface area (Å²) in [5, 5.41) is 2.80. The highest BCUT2D eigenvalue weighted by atomic mass is 35.5. The maximum atomic E-state index is 12.4. The van der Waals surface area contributed by atoms with Gasteiger partial charge in [0, 0.05) is 5.56 Å². The minimum Gasteiger partial charge on any atom is -0.493 e. The lowest BCUT2D eigenvalue weighted by molar-refractivity contribution is 0.102. The van der Waals surface area contributed by atoms with Crippen LogP contribution in [0.1, 0.15) is 30.6 Å². The van der Waals surface area contributed by atoms with Crippen molar-refractivity contribution in [3.8, 4) is 11.5 Å². The molecular weight excluding hydrogens is 340 g/mol. The summed E-state index contributed by atoms with van der Waals surface area (Å²) >= 11 is 0. The molecule has 0 atom stereocenters. The first-order valence-corrected chi connectivity index (χ1v) is 7.98. The van der Waals surface area contributed by atoms with Crippen molar-refractivity contribution in [3.05, 3.63) is 48.0 Å². The van der Waals surface area contributed by atoms with Crippen LogP contribution in [0.15, 0.2) is 42.5 Å². The third-order valence-corrected chi connectivity index (χ3v) is 3.59. The number of methoxy groups -OCH3 is 1. The van der Waals surface area contributed by atoms with Gasteiger partial charge in [-0.05, 0) is 42.7 Å². The monoisotopic (exact) mass is 364 g/mol. The predicted octanol–water partition coefficient (Wildman–Crippen LogP) is 4.38. The third-order valence-electron chi connectivity index (χ3n) is 3.59. The average molecular weight is 365 g/mol. The number of hydrogen-bond donors (Lipinski definition) is 2. The number of nitrogens with one attached hydrogen (secondary N) is 1. The standard InChI is InChI=1S/C19H24N2O3.ClH/c1-13(2)10-11-24-17-9-8-14(12-18(17)23-3)19(22)21-16-7-5-4-6-15(16)20;/h4-9,12-13H,10-11,20H2,1-3H3,(H,21,22);1H. The fourth-order valence-electron chi connectivity index (χ4n) is 2.14. The Morgan fingerprint density at radius 1 is 1.16 bits per heavy atom. The molecule has 6 heteroatoms. The Morgan fingerprint density at radius 3 is 2.52 bits per heavy atom. The van der Waals surface area contributed by atoms with E-state index >= 15 is 0 Å². The second kappa shape index (κ2) is 9.79. The molecule has 0 saturated carbocycles. The van der Waals surface area contributed by atoms with E-state index < -0.39 is 0 Å². The van der Waals surface area contributed by atoms with Gasteiger partial charge in [-0.1, -0.05) is 26.0 Å². The van der Waals surface area contributed by atoms with E-state index in [1.54, 1.807) is 37.4 Å². The Hall–Kier alpha value is -2.40. The number of nitrogen functional groups attached to an aromatic ring is 1. The molecule has 3 N–H and O–H groups in total. The summed E-state index contributed by atoms with van der Waals surface area (Å²) in [4.78, 5) is 12.4. The second-order valence-corrected chi connectivity index (χ2v) is 5.94. The number of benzene rings is 2. The molecule has 25 heavy (non-hydrogen) atoms. The minimum atomic E-state index is -0.250. The number of carbonyl (C=O) groups excluding carboxylic acids is 1. The number of amides is 1. The number of rotatable bonds is 7. The predicted molar refractivity (Wildman–Crippen MR) is 104 cm³/mol. The summed E-state index contributed by atoms with van der Waals surface area (Å²) in [5.74, 6) is 1.48. The molecule has 2 rings (SSSR count). The van der Waals surface area contributed by atoms with E-state index in [-0.39, 0.29) is 18.3 Å². The maximum absolute atomic E-state index is 12.4. The minimum absolute atomic E-state index is 0. The summed E-state index contributed by atoms with van der Waals surface area (Å²) in [6.45, 7) is 4.90. The van der Waals surface area contributed by atoms with Crippen LogP contribution >= 0.6 is 12.4 Å². The highest BCUT2D eigenvalue weighted by molar-refractivity contribution is 6.06. The molecule has 5 nitrogen and oxygen atoms in total. The Bertz CT molecular complexity index is 705. The van der Waals surface area contributed by atoms with Crippen LogP contribution in [-0.4, -0.2) is 19.6 Å². The van der Waals surface area contributed by atoms with E-state index in [1.807, 2.05) is 12.1 Å². The van der Waals surface area contributed by atoms with E-state index in [2.05, 4.69) is 19.2 Å². The molecule has 2 aromatic carbocycles. The molecule has 0 aromatic heterocycles. The van der Waals surface area contributed by atoms with Gasteiger partial charge in [0.05, 0.1) is 25.1 Å². The van der Waals surface area contributed by atoms with Gasteiger partial charge in [0.1, 0.15) is 0 Å². The van der Waals surface area contributed by atoms with Crippen LogP contribution in [0.3, 0.4) is 0 Å². The maximum Gasteiger partial charge on any atom is 0.255 e. The van der Waals surface area contributed by atoms with Crippen molar-refractivity contribution in [1.29, 1.82) is 0 Å². The van der Waals surface area contributed by atoms with Crippen molar-refractivity contribution in [2.75, 3.05) is 24.8 Å². The van der Waals surface area contributed by atoms with Crippen LogP contribution in [0.2, 0.25) is 0 Å². The fourth-order valence-corrected chi connectivity index (χ4v) is 2.14. The molecule has 0 aliphatic rings. The first-order valence-electron chi connectivity index (χ1n) is 7.98. The van der Waals surface area contributed by atoms with Crippen molar-refractivity contribution in [2.45, 2.75) is 20.3 Å². The third kappa shape index (κ3) is 5.87. The van der Waals surface area contributed by atoms with Crippen LogP contribution in [0.5, 0.6) is 11.5 Å². The zero-order chi connectivity index (χ0) is 17.5. The van der Waals surface area contributed by atoms with Crippen molar-refractivity contribution < 1.29 is 14.3 Å². The molecule has 0 aliphatic heterocycles. The average Bonchev–Trinajstić information content (AvgIpc) is 2.56. The summed E-state index contributed by atoms with van der Waals surface area (Å²) < 4.78 is 11.1. The smallest absolute Gasteiger partial charge is 0.255 e. The number of carbonyl (C=O) groups is 1. The van der Waals surface area contributed by atoms with Crippen LogP contribution in [0, 0.1) is 5.92 Å². The summed E-state index contributed by atoms with van der Waals surface area (Å²) in [7, 11) is 1.56. The number of halogens is 1. The van der Waals surface area contributed by atoms with Gasteiger partial charge in [0.2, 0.25) is 0 Å². The van der Waals surface area contributed by atoms with E-state index in [9.17, 15) is 4.79 Å². The van der Waals surface area contributed by atoms with Gasteiger partial charge in [-0.25, -0.2) is 0 Å². The van der Waals surface area contributed by atoms with Crippen molar-refractivity contribution in [3.63, 3.8) is 0 Å². The summed E-state index contributed by atoms with van der Waals surface area (Å²) in [5.41, 5.74) is 7.43. The molecule has 136 valence electrons. The number of para-hydroxylation sites is 2. The Labute approximate surface area is 154 Å². The lowest BCUT2D eigenvalue weighted by atomic mass is 10.1. The summed E-state index contributed by atoms with van der Waals surface area (Å²) in [6.07, 6.45) is 0.957. The van der Waals surface area contributed by atoms with Gasteiger partial charge < -0.3 is 20.5 Å². The van der Waals surface area contributed by atoms with Gasteiger partial charge in [-0.3, -0.25) is 4.79 Å². The number of ether oxygens (including phenoxy) is 2. The molecular formula is C19H25ClN2O3. The second-order valence-electron chi connectivity index (χ2n) is 5.94. The lowest BCUT2D eigenvalue weighted by Gasteiger charge is -2.13. The highest BCUT2D eigenvalue weighted by Crippen LogP contribution is 2.29. The molecule has 2 aromatic rings. The molecule has 0 fully saturated rings. The molecule has 0 saturated heterocycles. The Morgan fingerprint density at radius 2 is 1.88 bits per heavy atom. The zero-order valence-electron chi connectivity index (χ0n) is 14.7. The van der Waals surface area contributed by atoms with Crippen molar-refractivity contribution >= 4 is 29.7 Å². The number of hydrogen-bond acceptors (Lipinski definition) is 4. The first kappa shape index (κ1) is 20.6. The van der Waals surface area contributed by atoms with E-state index in [1.165, 1.54) is 0 Å². The normalized spacial score (nSPS) is 10.1. The van der Waals surface area contributed by atoms with Crippen LogP contribution in [0.4, 0.5) is 11.4 Å². The van der Waals surface area contributed by atoms with Gasteiger partial charge in [-0.15, -0.1) is 12.4 Å². The SMILES string of the molecule is COc1cc(C(=O)Nc2ccccc2N)ccc1OCCC(C)C.Cl. The topological polar surface area (TPSA) is 73.6 Å². The van der Waals surface area contributed by atoms with Gasteiger partial charge in [0.15, 0.2) is 11.5 Å². The Balaban J connectivity index is 0.00000312. The fraction of sp³-hybridized carbons (Fsp3) is 0.316. The first-order chi connectivity index (χ1) is 11.5. The van der Waals surface area contributed by atoms with Gasteiger partial charge in [-0.2, -0.15) is 0 Å². The summed E-state index contributed by atoms with van der Waals surface area (Å²) in [6, 6.07) is 12.3. The molecule has 0 heterocycles. The van der Waals surface area contributed by atoms with E-state index in [4.69, 9.17) is 15.2 Å². The molecule has 0 unspecified atom stereocenters. The largest absolute Gasteiger partial charge is 0.493 e. The van der Waals surface area contributed by atoms with Crippen LogP contribution in [0.25, 0.3) is 0 Å². The van der Waals surface area contributed by atoms with Crippen LogP contribution in [-0.2, 0) is 0 Å². The van der Waals surface area contributed by atoms with Gasteiger partial charge in [0.25, 0.3) is 5.91 Å². The zero-order valence-corrected chi connectivity index (χ0v) is 15.6. The molecule has 0 spiro atoms. The molecule has 0 bridgehead atoms. The van der Waals surface area contributed by atoms with Gasteiger partial charge >= 0.3 is 0 Å². The van der Waals surface area contributed by atoms with Crippen LogP contribution < -0.4 is 20.5 Å². The molecule has 1 amide bonds. The van der Waals surface area contributed by atoms with Crippen molar-refractivity contribution in [2.24, 2.45) is 5.92 Å². The van der Waals surface area contributed by atoms with E-state index in [0.29, 0.717) is 41.0 Å². The van der Waals surface area contributed by atoms with Crippen molar-refractivity contribution in [1.82, 2.24) is 0 Å². The number of nitrogens with two attached hydrogens (primary N) is 1. The molecule has 0 radical (unpaired) electrons. The Kier molecular flexibility index (Phi) is 8.08. The highest BCUT2D eigenvalue weighted by Gasteiger charge is 2.12. The quantitative estimate of drug-likeness (QED) is 0.715. The van der Waals surface area contributed by atoms with E-state index in [0.717, 1.165) is 6.42 Å².